The molecule has 0 N–H and O–H groups in total. The highest BCUT2D eigenvalue weighted by molar-refractivity contribution is 5.99. The van der Waals surface area contributed by atoms with Crippen molar-refractivity contribution in [3.05, 3.63) is 101 Å². The number of nitrogens with zero attached hydrogens (tertiary/aromatic N) is 6. The summed E-state index contributed by atoms with van der Waals surface area (Å²) in [6.07, 6.45) is 3.56. The molecule has 3 aromatic carbocycles. The minimum absolute atomic E-state index is 0.313. The van der Waals surface area contributed by atoms with Crippen molar-refractivity contribution in [2.45, 2.75) is 32.4 Å². The fourth-order valence-corrected chi connectivity index (χ4v) is 5.23. The minimum atomic E-state index is 0.313. The normalized spacial score (nSPS) is 15.1. The molecule has 43 heavy (non-hydrogen) atoms. The Hall–Kier alpha value is -4.94. The van der Waals surface area contributed by atoms with Gasteiger partial charge in [0.05, 0.1) is 30.8 Å². The standard InChI is InChI=1S/C34H34N6O3/c1-39-18-15-36-34(39)27-11-8-12-28(20-27)42-32-21-33(38-31(37-32)23-40-16-6-3-7-17-40)43-30-19-26(22-35)13-14-29(30)41-24-25-9-4-2-5-10-25/h2,4-5,8-14,19-21H,3,6-7,15-18,23-24H2,1H3. The molecule has 6 rings (SSSR count). The zero-order valence-electron chi connectivity index (χ0n) is 24.3. The van der Waals surface area contributed by atoms with E-state index < -0.39 is 0 Å². The van der Waals surface area contributed by atoms with Crippen LogP contribution < -0.4 is 14.2 Å². The van der Waals surface area contributed by atoms with Crippen LogP contribution in [-0.4, -0.2) is 58.8 Å². The molecule has 0 saturated carbocycles. The Bertz CT molecular complexity index is 1630. The molecule has 0 bridgehead atoms. The van der Waals surface area contributed by atoms with Crippen molar-refractivity contribution in [1.29, 1.82) is 5.26 Å². The van der Waals surface area contributed by atoms with Crippen molar-refractivity contribution in [2.24, 2.45) is 4.99 Å². The van der Waals surface area contributed by atoms with Crippen LogP contribution >= 0.6 is 0 Å². The van der Waals surface area contributed by atoms with Crippen molar-refractivity contribution in [2.75, 3.05) is 33.2 Å². The van der Waals surface area contributed by atoms with Crippen molar-refractivity contribution in [1.82, 2.24) is 19.8 Å². The van der Waals surface area contributed by atoms with Gasteiger partial charge in [0.2, 0.25) is 11.8 Å². The van der Waals surface area contributed by atoms with Crippen LogP contribution in [0.1, 0.15) is 41.8 Å². The van der Waals surface area contributed by atoms with E-state index in [4.69, 9.17) is 24.2 Å². The Morgan fingerprint density at radius 1 is 0.814 bits per heavy atom. The second-order valence-corrected chi connectivity index (χ2v) is 10.7. The number of nitriles is 1. The van der Waals surface area contributed by atoms with Crippen LogP contribution in [-0.2, 0) is 13.2 Å². The van der Waals surface area contributed by atoms with Gasteiger partial charge >= 0.3 is 0 Å². The fourth-order valence-electron chi connectivity index (χ4n) is 5.23. The average molecular weight is 575 g/mol. The third-order valence-electron chi connectivity index (χ3n) is 7.44. The number of likely N-dealkylation sites (N-methyl/N-ethyl adjacent to an activating group) is 1. The number of aromatic nitrogens is 2. The highest BCUT2D eigenvalue weighted by Crippen LogP contribution is 2.34. The van der Waals surface area contributed by atoms with Gasteiger partial charge in [-0.2, -0.15) is 15.2 Å². The second kappa shape index (κ2) is 13.4. The number of amidine groups is 1. The molecule has 0 amide bonds. The summed E-state index contributed by atoms with van der Waals surface area (Å²) >= 11 is 0. The van der Waals surface area contributed by atoms with Gasteiger partial charge in [0.1, 0.15) is 24.0 Å². The van der Waals surface area contributed by atoms with Gasteiger partial charge in [-0.1, -0.05) is 48.9 Å². The van der Waals surface area contributed by atoms with Gasteiger partial charge < -0.3 is 19.1 Å². The molecule has 1 fully saturated rings. The van der Waals surface area contributed by atoms with Crippen LogP contribution in [0.25, 0.3) is 0 Å². The molecule has 3 heterocycles. The van der Waals surface area contributed by atoms with Gasteiger partial charge in [-0.25, -0.2) is 0 Å². The van der Waals surface area contributed by atoms with E-state index in [0.29, 0.717) is 53.5 Å². The van der Waals surface area contributed by atoms with Gasteiger partial charge in [0, 0.05) is 25.2 Å². The van der Waals surface area contributed by atoms with E-state index in [9.17, 15) is 5.26 Å². The number of likely N-dealkylation sites (tertiary alicyclic amines) is 1. The van der Waals surface area contributed by atoms with Crippen molar-refractivity contribution < 1.29 is 14.2 Å². The van der Waals surface area contributed by atoms with Crippen LogP contribution in [0.5, 0.6) is 29.0 Å². The van der Waals surface area contributed by atoms with E-state index in [1.165, 1.54) is 6.42 Å². The van der Waals surface area contributed by atoms with Crippen LogP contribution in [0.15, 0.2) is 83.9 Å². The molecule has 9 nitrogen and oxygen atoms in total. The Balaban J connectivity index is 1.29. The van der Waals surface area contributed by atoms with Gasteiger partial charge in [0.15, 0.2) is 11.5 Å². The van der Waals surface area contributed by atoms with E-state index >= 15 is 0 Å². The first kappa shape index (κ1) is 28.2. The SMILES string of the molecule is CN1CCN=C1c1cccc(Oc2cc(Oc3cc(C#N)ccc3OCc3ccccc3)nc(CN3CCCCC3)n2)c1. The Morgan fingerprint density at radius 3 is 2.40 bits per heavy atom. The summed E-state index contributed by atoms with van der Waals surface area (Å²) in [5, 5.41) is 9.57. The number of aliphatic imine (C=N–C) groups is 1. The molecule has 0 spiro atoms. The first-order chi connectivity index (χ1) is 21.1. The molecule has 2 aliphatic rings. The second-order valence-electron chi connectivity index (χ2n) is 10.7. The average Bonchev–Trinajstić information content (AvgIpc) is 3.47. The summed E-state index contributed by atoms with van der Waals surface area (Å²) in [5.74, 6) is 3.79. The monoisotopic (exact) mass is 574 g/mol. The van der Waals surface area contributed by atoms with E-state index in [-0.39, 0.29) is 0 Å². The number of hydrogen-bond acceptors (Lipinski definition) is 9. The van der Waals surface area contributed by atoms with E-state index in [1.54, 1.807) is 24.3 Å². The molecule has 0 unspecified atom stereocenters. The molecule has 1 aromatic heterocycles. The number of rotatable bonds is 10. The zero-order chi connectivity index (χ0) is 29.4. The molecular weight excluding hydrogens is 540 g/mol. The molecule has 0 aliphatic carbocycles. The highest BCUT2D eigenvalue weighted by Gasteiger charge is 2.18. The molecular formula is C34H34N6O3. The lowest BCUT2D eigenvalue weighted by molar-refractivity contribution is 0.214. The number of hydrogen-bond donors (Lipinski definition) is 0. The topological polar surface area (TPSA) is 96.1 Å². The highest BCUT2D eigenvalue weighted by atomic mass is 16.5. The number of benzene rings is 3. The molecule has 2 aliphatic heterocycles. The fraction of sp³-hybridized carbons (Fsp3) is 0.294. The first-order valence-corrected chi connectivity index (χ1v) is 14.7. The summed E-state index contributed by atoms with van der Waals surface area (Å²) in [5.41, 5.74) is 2.47. The molecule has 1 saturated heterocycles. The molecule has 4 aromatic rings. The van der Waals surface area contributed by atoms with Crippen LogP contribution in [0.2, 0.25) is 0 Å². The maximum absolute atomic E-state index is 9.57. The zero-order valence-corrected chi connectivity index (χ0v) is 24.3. The molecule has 218 valence electrons. The van der Waals surface area contributed by atoms with Crippen LogP contribution in [0.3, 0.4) is 0 Å². The summed E-state index contributed by atoms with van der Waals surface area (Å²) in [6, 6.07) is 26.7. The van der Waals surface area contributed by atoms with Crippen molar-refractivity contribution in [3.63, 3.8) is 0 Å². The Labute approximate surface area is 252 Å². The maximum atomic E-state index is 9.57. The minimum Gasteiger partial charge on any atom is -0.485 e. The van der Waals surface area contributed by atoms with E-state index in [0.717, 1.165) is 56.0 Å². The third kappa shape index (κ3) is 7.29. The number of piperidine rings is 1. The Kier molecular flexibility index (Phi) is 8.76. The predicted molar refractivity (Wildman–Crippen MR) is 164 cm³/mol. The lowest BCUT2D eigenvalue weighted by Gasteiger charge is -2.25. The lowest BCUT2D eigenvalue weighted by atomic mass is 10.1. The summed E-state index contributed by atoms with van der Waals surface area (Å²) in [6.45, 7) is 4.64. The van der Waals surface area contributed by atoms with Crippen molar-refractivity contribution in [3.8, 4) is 35.1 Å². The van der Waals surface area contributed by atoms with Gasteiger partial charge in [-0.3, -0.25) is 9.89 Å². The molecule has 0 radical (unpaired) electrons. The first-order valence-electron chi connectivity index (χ1n) is 14.7. The summed E-state index contributed by atoms with van der Waals surface area (Å²) in [7, 11) is 2.04. The van der Waals surface area contributed by atoms with Crippen LogP contribution in [0.4, 0.5) is 0 Å². The van der Waals surface area contributed by atoms with Crippen LogP contribution in [0, 0.1) is 11.3 Å². The van der Waals surface area contributed by atoms with E-state index in [1.807, 2.05) is 61.6 Å². The van der Waals surface area contributed by atoms with Crippen molar-refractivity contribution >= 4 is 5.84 Å². The summed E-state index contributed by atoms with van der Waals surface area (Å²) < 4.78 is 18.7. The maximum Gasteiger partial charge on any atom is 0.226 e. The largest absolute Gasteiger partial charge is 0.485 e. The Morgan fingerprint density at radius 2 is 1.63 bits per heavy atom. The van der Waals surface area contributed by atoms with Gasteiger partial charge in [-0.15, -0.1) is 0 Å². The smallest absolute Gasteiger partial charge is 0.226 e. The molecule has 9 heteroatoms. The molecule has 0 atom stereocenters. The van der Waals surface area contributed by atoms with E-state index in [2.05, 4.69) is 20.9 Å². The quantitative estimate of drug-likeness (QED) is 0.221. The summed E-state index contributed by atoms with van der Waals surface area (Å²) in [4.78, 5) is 18.6. The number of ether oxygens (including phenoxy) is 3. The third-order valence-corrected chi connectivity index (χ3v) is 7.44. The van der Waals surface area contributed by atoms with Gasteiger partial charge in [0.25, 0.3) is 0 Å². The van der Waals surface area contributed by atoms with Gasteiger partial charge in [-0.05, 0) is 55.8 Å². The predicted octanol–water partition coefficient (Wildman–Crippen LogP) is 6.19. The lowest BCUT2D eigenvalue weighted by Crippen LogP contribution is -2.29.